The van der Waals surface area contributed by atoms with Gasteiger partial charge in [0.05, 0.1) is 6.04 Å². The van der Waals surface area contributed by atoms with Gasteiger partial charge in [-0.15, -0.1) is 11.3 Å². The largest absolute Gasteiger partial charge is 0.308 e. The maximum Gasteiger partial charge on any atom is 0.109 e. The lowest BCUT2D eigenvalue weighted by Crippen LogP contribution is -2.42. The summed E-state index contributed by atoms with van der Waals surface area (Å²) in [7, 11) is 2.21. The van der Waals surface area contributed by atoms with Gasteiger partial charge in [-0.2, -0.15) is 0 Å². The Morgan fingerprint density at radius 3 is 2.82 bits per heavy atom. The maximum atomic E-state index is 4.36. The summed E-state index contributed by atoms with van der Waals surface area (Å²) in [6, 6.07) is 0.381. The highest BCUT2D eigenvalue weighted by atomic mass is 32.1. The van der Waals surface area contributed by atoms with E-state index in [0.717, 1.165) is 6.54 Å². The summed E-state index contributed by atoms with van der Waals surface area (Å²) in [4.78, 5) is 6.79. The quantitative estimate of drug-likeness (QED) is 0.894. The molecule has 3 nitrogen and oxygen atoms in total. The Morgan fingerprint density at radius 1 is 1.53 bits per heavy atom. The molecule has 96 valence electrons. The standard InChI is InChI=1S/C13H23N3S/c1-11(12-14-6-9-17-12)15-10-13(2)4-7-16(3)8-5-13/h6,9,11,15H,4-5,7-8,10H2,1-3H3. The third-order valence-electron chi connectivity index (χ3n) is 3.85. The molecule has 1 N–H and O–H groups in total. The molecule has 1 aromatic rings. The molecular weight excluding hydrogens is 230 g/mol. The predicted molar refractivity (Wildman–Crippen MR) is 73.4 cm³/mol. The van der Waals surface area contributed by atoms with Crippen molar-refractivity contribution in [2.75, 3.05) is 26.7 Å². The Hall–Kier alpha value is -0.450. The van der Waals surface area contributed by atoms with E-state index in [9.17, 15) is 0 Å². The average molecular weight is 253 g/mol. The summed E-state index contributed by atoms with van der Waals surface area (Å²) >= 11 is 1.74. The molecule has 4 heteroatoms. The Bertz CT molecular complexity index is 328. The molecule has 0 amide bonds. The van der Waals surface area contributed by atoms with Crippen LogP contribution in [0.2, 0.25) is 0 Å². The highest BCUT2D eigenvalue weighted by Gasteiger charge is 2.29. The van der Waals surface area contributed by atoms with E-state index in [1.165, 1.54) is 30.9 Å². The van der Waals surface area contributed by atoms with E-state index in [1.54, 1.807) is 11.3 Å². The van der Waals surface area contributed by atoms with Crippen molar-refractivity contribution in [3.05, 3.63) is 16.6 Å². The lowest BCUT2D eigenvalue weighted by Gasteiger charge is -2.38. The third kappa shape index (κ3) is 3.50. The van der Waals surface area contributed by atoms with Crippen molar-refractivity contribution >= 4 is 11.3 Å². The minimum atomic E-state index is 0.381. The molecule has 1 saturated heterocycles. The molecule has 1 aromatic heterocycles. The van der Waals surface area contributed by atoms with Crippen LogP contribution in [0.25, 0.3) is 0 Å². The van der Waals surface area contributed by atoms with Gasteiger partial charge in [0.1, 0.15) is 5.01 Å². The molecule has 1 aliphatic rings. The molecule has 0 radical (unpaired) electrons. The summed E-state index contributed by atoms with van der Waals surface area (Å²) in [5, 5.41) is 6.88. The van der Waals surface area contributed by atoms with Gasteiger partial charge >= 0.3 is 0 Å². The molecule has 17 heavy (non-hydrogen) atoms. The van der Waals surface area contributed by atoms with Crippen LogP contribution < -0.4 is 5.32 Å². The number of nitrogens with one attached hydrogen (secondary N) is 1. The van der Waals surface area contributed by atoms with Crippen LogP contribution in [-0.2, 0) is 0 Å². The van der Waals surface area contributed by atoms with Crippen molar-refractivity contribution in [1.29, 1.82) is 0 Å². The fourth-order valence-electron chi connectivity index (χ4n) is 2.27. The van der Waals surface area contributed by atoms with Crippen LogP contribution in [0.4, 0.5) is 0 Å². The number of piperidine rings is 1. The Morgan fingerprint density at radius 2 is 2.24 bits per heavy atom. The molecule has 2 rings (SSSR count). The van der Waals surface area contributed by atoms with Gasteiger partial charge in [-0.3, -0.25) is 0 Å². The van der Waals surface area contributed by atoms with Crippen molar-refractivity contribution in [2.24, 2.45) is 5.41 Å². The van der Waals surface area contributed by atoms with Crippen molar-refractivity contribution in [3.8, 4) is 0 Å². The Labute approximate surface area is 108 Å². The molecule has 0 bridgehead atoms. The second-order valence-corrected chi connectivity index (χ2v) is 6.51. The molecule has 1 atom stereocenters. The molecule has 2 heterocycles. The van der Waals surface area contributed by atoms with Gasteiger partial charge in [-0.25, -0.2) is 4.98 Å². The number of likely N-dealkylation sites (tertiary alicyclic amines) is 1. The van der Waals surface area contributed by atoms with Crippen LogP contribution in [0.5, 0.6) is 0 Å². The molecule has 0 aliphatic carbocycles. The smallest absolute Gasteiger partial charge is 0.109 e. The van der Waals surface area contributed by atoms with Crippen LogP contribution in [0.15, 0.2) is 11.6 Å². The van der Waals surface area contributed by atoms with Crippen molar-refractivity contribution in [3.63, 3.8) is 0 Å². The lowest BCUT2D eigenvalue weighted by molar-refractivity contribution is 0.134. The summed E-state index contributed by atoms with van der Waals surface area (Å²) in [6.45, 7) is 8.16. The SMILES string of the molecule is CC(NCC1(C)CCN(C)CC1)c1nccs1. The number of hydrogen-bond donors (Lipinski definition) is 1. The highest BCUT2D eigenvalue weighted by molar-refractivity contribution is 7.09. The van der Waals surface area contributed by atoms with Crippen LogP contribution >= 0.6 is 11.3 Å². The maximum absolute atomic E-state index is 4.36. The molecule has 0 saturated carbocycles. The first-order valence-electron chi connectivity index (χ1n) is 6.40. The van der Waals surface area contributed by atoms with Gasteiger partial charge in [-0.05, 0) is 45.3 Å². The zero-order chi connectivity index (χ0) is 12.3. The monoisotopic (exact) mass is 253 g/mol. The topological polar surface area (TPSA) is 28.2 Å². The first kappa shape index (κ1) is 13.0. The molecule has 0 aromatic carbocycles. The fraction of sp³-hybridized carbons (Fsp3) is 0.769. The normalized spacial score (nSPS) is 22.5. The van der Waals surface area contributed by atoms with Crippen LogP contribution in [0.3, 0.4) is 0 Å². The van der Waals surface area contributed by atoms with Crippen LogP contribution in [0, 0.1) is 5.41 Å². The predicted octanol–water partition coefficient (Wildman–Crippen LogP) is 2.53. The average Bonchev–Trinajstić information content (AvgIpc) is 2.84. The zero-order valence-electron chi connectivity index (χ0n) is 11.1. The Balaban J connectivity index is 1.81. The number of aromatic nitrogens is 1. The zero-order valence-corrected chi connectivity index (χ0v) is 11.9. The highest BCUT2D eigenvalue weighted by Crippen LogP contribution is 2.30. The van der Waals surface area contributed by atoms with E-state index in [2.05, 4.69) is 36.1 Å². The van der Waals surface area contributed by atoms with Crippen molar-refractivity contribution in [1.82, 2.24) is 15.2 Å². The van der Waals surface area contributed by atoms with Gasteiger partial charge in [0.25, 0.3) is 0 Å². The molecule has 1 unspecified atom stereocenters. The van der Waals surface area contributed by atoms with Gasteiger partial charge in [0.2, 0.25) is 0 Å². The van der Waals surface area contributed by atoms with E-state index >= 15 is 0 Å². The molecule has 1 aliphatic heterocycles. The summed E-state index contributed by atoms with van der Waals surface area (Å²) < 4.78 is 0. The number of thiazole rings is 1. The number of nitrogens with zero attached hydrogens (tertiary/aromatic N) is 2. The number of hydrogen-bond acceptors (Lipinski definition) is 4. The number of rotatable bonds is 4. The van der Waals surface area contributed by atoms with Gasteiger partial charge in [0.15, 0.2) is 0 Å². The second kappa shape index (κ2) is 5.46. The third-order valence-corrected chi connectivity index (χ3v) is 4.81. The second-order valence-electron chi connectivity index (χ2n) is 5.59. The summed E-state index contributed by atoms with van der Waals surface area (Å²) in [6.07, 6.45) is 4.47. The van der Waals surface area contributed by atoms with E-state index in [0.29, 0.717) is 11.5 Å². The minimum Gasteiger partial charge on any atom is -0.308 e. The van der Waals surface area contributed by atoms with E-state index in [-0.39, 0.29) is 0 Å². The van der Waals surface area contributed by atoms with Crippen LogP contribution in [0.1, 0.15) is 37.7 Å². The molecule has 1 fully saturated rings. The molecule has 0 spiro atoms. The minimum absolute atomic E-state index is 0.381. The first-order valence-corrected chi connectivity index (χ1v) is 7.28. The van der Waals surface area contributed by atoms with Crippen LogP contribution in [-0.4, -0.2) is 36.6 Å². The van der Waals surface area contributed by atoms with Gasteiger partial charge < -0.3 is 10.2 Å². The van der Waals surface area contributed by atoms with E-state index in [1.807, 2.05) is 11.6 Å². The molecular formula is C13H23N3S. The van der Waals surface area contributed by atoms with Crippen molar-refractivity contribution in [2.45, 2.75) is 32.7 Å². The summed E-state index contributed by atoms with van der Waals surface area (Å²) in [5.41, 5.74) is 0.456. The Kier molecular flexibility index (Phi) is 4.17. The summed E-state index contributed by atoms with van der Waals surface area (Å²) in [5.74, 6) is 0. The lowest BCUT2D eigenvalue weighted by atomic mass is 9.80. The first-order chi connectivity index (χ1) is 8.09. The van der Waals surface area contributed by atoms with E-state index in [4.69, 9.17) is 0 Å². The van der Waals surface area contributed by atoms with Gasteiger partial charge in [-0.1, -0.05) is 6.92 Å². The fourth-order valence-corrected chi connectivity index (χ4v) is 2.94. The van der Waals surface area contributed by atoms with Gasteiger partial charge in [0, 0.05) is 18.1 Å². The van der Waals surface area contributed by atoms with Crippen molar-refractivity contribution < 1.29 is 0 Å². The van der Waals surface area contributed by atoms with E-state index < -0.39 is 0 Å².